The van der Waals surface area contributed by atoms with Crippen LogP contribution in [0.15, 0.2) is 60.7 Å². The van der Waals surface area contributed by atoms with Crippen molar-refractivity contribution in [3.05, 3.63) is 66.2 Å². The number of hydrogen-bond acceptors (Lipinski definition) is 7. The third kappa shape index (κ3) is 6.35. The maximum Gasteiger partial charge on any atom is 0.242 e. The summed E-state index contributed by atoms with van der Waals surface area (Å²) in [5.41, 5.74) is 2.80. The van der Waals surface area contributed by atoms with Crippen LogP contribution in [0.25, 0.3) is 11.3 Å². The Kier molecular flexibility index (Phi) is 8.78. The van der Waals surface area contributed by atoms with E-state index in [4.69, 9.17) is 9.47 Å². The zero-order chi connectivity index (χ0) is 27.9. The van der Waals surface area contributed by atoms with E-state index in [1.165, 1.54) is 5.56 Å². The van der Waals surface area contributed by atoms with Gasteiger partial charge in [-0.25, -0.2) is 0 Å². The summed E-state index contributed by atoms with van der Waals surface area (Å²) >= 11 is 0. The number of amides is 2. The van der Waals surface area contributed by atoms with E-state index in [0.717, 1.165) is 42.8 Å². The molecule has 1 aromatic heterocycles. The van der Waals surface area contributed by atoms with Crippen molar-refractivity contribution < 1.29 is 19.1 Å². The fourth-order valence-corrected chi connectivity index (χ4v) is 5.18. The summed E-state index contributed by atoms with van der Waals surface area (Å²) in [6, 6.07) is 19.7. The van der Waals surface area contributed by atoms with E-state index in [2.05, 4.69) is 27.2 Å². The molecule has 5 rings (SSSR count). The fraction of sp³-hybridized carbons (Fsp3) is 0.419. The minimum Gasteiger partial charge on any atom is -0.493 e. The Bertz CT molecular complexity index is 1290. The van der Waals surface area contributed by atoms with Gasteiger partial charge in [-0.1, -0.05) is 36.8 Å². The first-order valence-electron chi connectivity index (χ1n) is 14.0. The zero-order valence-corrected chi connectivity index (χ0v) is 23.3. The molecule has 40 heavy (non-hydrogen) atoms. The van der Waals surface area contributed by atoms with Crippen molar-refractivity contribution >= 4 is 17.6 Å². The highest BCUT2D eigenvalue weighted by atomic mass is 16.5. The van der Waals surface area contributed by atoms with Crippen LogP contribution in [0, 0.1) is 5.92 Å². The molecule has 2 aromatic carbocycles. The maximum absolute atomic E-state index is 13.3. The number of hydrogen-bond donors (Lipinski definition) is 0. The number of methoxy groups -OCH3 is 2. The van der Waals surface area contributed by atoms with Crippen molar-refractivity contribution in [1.82, 2.24) is 20.0 Å². The Hall–Kier alpha value is -4.14. The molecule has 3 aromatic rings. The van der Waals surface area contributed by atoms with Gasteiger partial charge in [-0.3, -0.25) is 9.59 Å². The van der Waals surface area contributed by atoms with Gasteiger partial charge in [0, 0.05) is 44.2 Å². The monoisotopic (exact) mass is 543 g/mol. The van der Waals surface area contributed by atoms with E-state index in [1.54, 1.807) is 19.1 Å². The van der Waals surface area contributed by atoms with Crippen molar-refractivity contribution in [2.24, 2.45) is 5.92 Å². The summed E-state index contributed by atoms with van der Waals surface area (Å²) in [6.07, 6.45) is 3.70. The predicted molar refractivity (Wildman–Crippen MR) is 153 cm³/mol. The van der Waals surface area contributed by atoms with Crippen molar-refractivity contribution in [3.63, 3.8) is 0 Å². The van der Waals surface area contributed by atoms with E-state index in [9.17, 15) is 9.59 Å². The van der Waals surface area contributed by atoms with Gasteiger partial charge in [0.15, 0.2) is 17.3 Å². The number of aromatic nitrogens is 2. The van der Waals surface area contributed by atoms with Crippen LogP contribution in [0.1, 0.15) is 24.8 Å². The van der Waals surface area contributed by atoms with Gasteiger partial charge in [0.05, 0.1) is 26.5 Å². The molecule has 1 aliphatic carbocycles. The number of rotatable bonds is 10. The second-order valence-corrected chi connectivity index (χ2v) is 10.3. The van der Waals surface area contributed by atoms with E-state index in [1.807, 2.05) is 53.4 Å². The Balaban J connectivity index is 1.16. The van der Waals surface area contributed by atoms with E-state index in [0.29, 0.717) is 44.2 Å². The van der Waals surface area contributed by atoms with Crippen molar-refractivity contribution in [3.8, 4) is 22.8 Å². The van der Waals surface area contributed by atoms with E-state index in [-0.39, 0.29) is 24.3 Å². The zero-order valence-electron chi connectivity index (χ0n) is 23.3. The molecule has 0 spiro atoms. The summed E-state index contributed by atoms with van der Waals surface area (Å²) in [6.45, 7) is 3.20. The van der Waals surface area contributed by atoms with Crippen molar-refractivity contribution in [2.45, 2.75) is 25.7 Å². The fourth-order valence-electron chi connectivity index (χ4n) is 5.18. The largest absolute Gasteiger partial charge is 0.493 e. The molecule has 2 amide bonds. The first-order valence-corrected chi connectivity index (χ1v) is 14.0. The lowest BCUT2D eigenvalue weighted by Gasteiger charge is -2.37. The molecule has 0 unspecified atom stereocenters. The molecule has 1 saturated carbocycles. The van der Waals surface area contributed by atoms with Crippen LogP contribution >= 0.6 is 0 Å². The van der Waals surface area contributed by atoms with Gasteiger partial charge in [-0.2, -0.15) is 0 Å². The lowest BCUT2D eigenvalue weighted by Crippen LogP contribution is -2.53. The Morgan fingerprint density at radius 1 is 0.900 bits per heavy atom. The Morgan fingerprint density at radius 2 is 1.65 bits per heavy atom. The van der Waals surface area contributed by atoms with Crippen LogP contribution in [0.4, 0.5) is 5.82 Å². The van der Waals surface area contributed by atoms with Crippen LogP contribution in [0.2, 0.25) is 0 Å². The topological polar surface area (TPSA) is 88.1 Å². The summed E-state index contributed by atoms with van der Waals surface area (Å²) < 4.78 is 10.7. The standard InChI is InChI=1S/C31H37N5O4/c1-39-27-13-11-25(21-28(27)40-2)26-12-14-29(33-32-26)34-17-19-35(20-18-34)30(37)22-36(31(38)24-9-6-10-24)16-15-23-7-4-3-5-8-23/h3-5,7-8,11-14,21,24H,6,9-10,15-20,22H2,1-2H3. The molecule has 9 heteroatoms. The van der Waals surface area contributed by atoms with Crippen LogP contribution in [-0.2, 0) is 16.0 Å². The molecule has 0 atom stereocenters. The molecule has 9 nitrogen and oxygen atoms in total. The Morgan fingerprint density at radius 3 is 2.27 bits per heavy atom. The average molecular weight is 544 g/mol. The van der Waals surface area contributed by atoms with Crippen LogP contribution in [-0.4, -0.2) is 85.3 Å². The summed E-state index contributed by atoms with van der Waals surface area (Å²) in [4.78, 5) is 32.2. The Labute approximate surface area is 235 Å². The van der Waals surface area contributed by atoms with Crippen molar-refractivity contribution in [2.75, 3.05) is 58.4 Å². The smallest absolute Gasteiger partial charge is 0.242 e. The molecule has 210 valence electrons. The molecule has 1 saturated heterocycles. The lowest BCUT2D eigenvalue weighted by molar-refractivity contribution is -0.144. The first-order chi connectivity index (χ1) is 19.6. The highest BCUT2D eigenvalue weighted by Gasteiger charge is 2.32. The summed E-state index contributed by atoms with van der Waals surface area (Å²) in [5.74, 6) is 2.28. The number of carbonyl (C=O) groups excluding carboxylic acids is 2. The first kappa shape index (κ1) is 27.4. The maximum atomic E-state index is 13.3. The summed E-state index contributed by atoms with van der Waals surface area (Å²) in [5, 5.41) is 8.88. The number of anilines is 1. The number of ether oxygens (including phenoxy) is 2. The van der Waals surface area contributed by atoms with Crippen LogP contribution < -0.4 is 14.4 Å². The highest BCUT2D eigenvalue weighted by Crippen LogP contribution is 2.32. The van der Waals surface area contributed by atoms with Gasteiger partial charge in [-0.05, 0) is 55.2 Å². The minimum atomic E-state index is 0.00951. The predicted octanol–water partition coefficient (Wildman–Crippen LogP) is 3.68. The number of benzene rings is 2. The number of nitrogens with zero attached hydrogens (tertiary/aromatic N) is 5. The minimum absolute atomic E-state index is 0.00951. The third-order valence-corrected chi connectivity index (χ3v) is 7.89. The van der Waals surface area contributed by atoms with E-state index < -0.39 is 0 Å². The SMILES string of the molecule is COc1ccc(-c2ccc(N3CCN(C(=O)CN(CCc4ccccc4)C(=O)C4CCC4)CC3)nn2)cc1OC. The quantitative estimate of drug-likeness (QED) is 0.386. The van der Waals surface area contributed by atoms with Gasteiger partial charge in [-0.15, -0.1) is 10.2 Å². The van der Waals surface area contributed by atoms with Crippen molar-refractivity contribution in [1.29, 1.82) is 0 Å². The average Bonchev–Trinajstić information content (AvgIpc) is 2.98. The van der Waals surface area contributed by atoms with Gasteiger partial charge < -0.3 is 24.2 Å². The molecule has 2 fully saturated rings. The number of piperazine rings is 1. The molecule has 2 heterocycles. The van der Waals surface area contributed by atoms with Gasteiger partial charge in [0.1, 0.15) is 0 Å². The van der Waals surface area contributed by atoms with Crippen LogP contribution in [0.5, 0.6) is 11.5 Å². The lowest BCUT2D eigenvalue weighted by atomic mass is 9.84. The number of carbonyl (C=O) groups is 2. The van der Waals surface area contributed by atoms with Gasteiger partial charge in [0.25, 0.3) is 0 Å². The van der Waals surface area contributed by atoms with E-state index >= 15 is 0 Å². The normalized spacial score (nSPS) is 15.3. The molecule has 1 aliphatic heterocycles. The second kappa shape index (κ2) is 12.8. The third-order valence-electron chi connectivity index (χ3n) is 7.89. The molecule has 0 radical (unpaired) electrons. The molecule has 0 N–H and O–H groups in total. The molecular formula is C31H37N5O4. The molecule has 2 aliphatic rings. The van der Waals surface area contributed by atoms with Crippen LogP contribution in [0.3, 0.4) is 0 Å². The second-order valence-electron chi connectivity index (χ2n) is 10.3. The highest BCUT2D eigenvalue weighted by molar-refractivity contribution is 5.86. The summed E-state index contributed by atoms with van der Waals surface area (Å²) in [7, 11) is 3.21. The molecular weight excluding hydrogens is 506 g/mol. The van der Waals surface area contributed by atoms with Gasteiger partial charge >= 0.3 is 0 Å². The molecule has 0 bridgehead atoms. The van der Waals surface area contributed by atoms with Gasteiger partial charge in [0.2, 0.25) is 11.8 Å².